The summed E-state index contributed by atoms with van der Waals surface area (Å²) in [6, 6.07) is 14.1. The van der Waals surface area contributed by atoms with Gasteiger partial charge in [0.2, 0.25) is 12.7 Å². The normalized spacial score (nSPS) is 11.7. The van der Waals surface area contributed by atoms with E-state index >= 15 is 0 Å². The van der Waals surface area contributed by atoms with E-state index in [1.165, 1.54) is 6.92 Å². The first-order valence-corrected chi connectivity index (χ1v) is 7.91. The predicted molar refractivity (Wildman–Crippen MR) is 94.1 cm³/mol. The fourth-order valence-corrected chi connectivity index (χ4v) is 2.50. The van der Waals surface area contributed by atoms with Gasteiger partial charge >= 0.3 is 6.03 Å². The second kappa shape index (κ2) is 7.57. The largest absolute Gasteiger partial charge is 0.454 e. The van der Waals surface area contributed by atoms with Crippen LogP contribution in [0.3, 0.4) is 0 Å². The van der Waals surface area contributed by atoms with E-state index < -0.39 is 0 Å². The Kier molecular flexibility index (Phi) is 5.03. The summed E-state index contributed by atoms with van der Waals surface area (Å²) in [7, 11) is 0. The van der Waals surface area contributed by atoms with Gasteiger partial charge in [-0.2, -0.15) is 0 Å². The molecule has 2 aromatic rings. The van der Waals surface area contributed by atoms with Gasteiger partial charge in [-0.3, -0.25) is 4.79 Å². The summed E-state index contributed by atoms with van der Waals surface area (Å²) in [6.07, 6.45) is 0. The first-order valence-electron chi connectivity index (χ1n) is 7.91. The maximum Gasteiger partial charge on any atom is 0.319 e. The minimum Gasteiger partial charge on any atom is -0.454 e. The predicted octanol–water partition coefficient (Wildman–Crippen LogP) is 2.59. The second-order valence-corrected chi connectivity index (χ2v) is 5.46. The third-order valence-electron chi connectivity index (χ3n) is 3.70. The zero-order valence-corrected chi connectivity index (χ0v) is 13.8. The van der Waals surface area contributed by atoms with Crippen molar-refractivity contribution >= 4 is 23.3 Å². The number of anilines is 2. The quantitative estimate of drug-likeness (QED) is 0.876. The van der Waals surface area contributed by atoms with E-state index in [9.17, 15) is 9.59 Å². The third-order valence-corrected chi connectivity index (χ3v) is 3.70. The van der Waals surface area contributed by atoms with Crippen molar-refractivity contribution < 1.29 is 19.1 Å². The van der Waals surface area contributed by atoms with Crippen LogP contribution in [-0.2, 0) is 4.79 Å². The van der Waals surface area contributed by atoms with E-state index in [0.717, 1.165) is 0 Å². The number of hydrogen-bond acceptors (Lipinski definition) is 4. The summed E-state index contributed by atoms with van der Waals surface area (Å²) in [4.78, 5) is 25.4. The van der Waals surface area contributed by atoms with Crippen LogP contribution in [0.25, 0.3) is 0 Å². The molecule has 0 aromatic heterocycles. The number of nitrogens with zero attached hydrogens (tertiary/aromatic N) is 1. The zero-order valence-electron chi connectivity index (χ0n) is 13.8. The fraction of sp³-hybridized carbons (Fsp3) is 0.222. The van der Waals surface area contributed by atoms with Crippen molar-refractivity contribution in [2.75, 3.05) is 30.1 Å². The van der Waals surface area contributed by atoms with Gasteiger partial charge in [-0.25, -0.2) is 4.79 Å². The van der Waals surface area contributed by atoms with Crippen molar-refractivity contribution in [2.45, 2.75) is 6.92 Å². The molecular formula is C18H19N3O4. The first kappa shape index (κ1) is 16.6. The number of rotatable bonds is 5. The van der Waals surface area contributed by atoms with E-state index in [2.05, 4.69) is 10.6 Å². The van der Waals surface area contributed by atoms with E-state index in [1.807, 2.05) is 18.2 Å². The van der Waals surface area contributed by atoms with Gasteiger partial charge in [-0.15, -0.1) is 0 Å². The Morgan fingerprint density at radius 1 is 1.08 bits per heavy atom. The molecule has 0 spiro atoms. The van der Waals surface area contributed by atoms with Crippen molar-refractivity contribution in [3.8, 4) is 11.5 Å². The molecule has 0 fully saturated rings. The number of amides is 3. The van der Waals surface area contributed by atoms with Crippen molar-refractivity contribution in [3.63, 3.8) is 0 Å². The molecule has 0 unspecified atom stereocenters. The summed E-state index contributed by atoms with van der Waals surface area (Å²) in [5.74, 6) is 1.15. The van der Waals surface area contributed by atoms with Crippen LogP contribution in [0.5, 0.6) is 11.5 Å². The zero-order chi connectivity index (χ0) is 17.6. The number of carbonyl (C=O) groups is 2. The molecule has 2 aromatic carbocycles. The summed E-state index contributed by atoms with van der Waals surface area (Å²) in [6.45, 7) is 2.32. The Labute approximate surface area is 145 Å². The standard InChI is InChI=1S/C18H19N3O4/c1-13(22)21(15-7-8-16-17(11-15)25-12-24-16)10-9-19-18(23)20-14-5-3-2-4-6-14/h2-8,11H,9-10,12H2,1H3,(H2,19,20,23). The van der Waals surface area contributed by atoms with Crippen LogP contribution in [0.2, 0.25) is 0 Å². The average Bonchev–Trinajstić information content (AvgIpc) is 3.07. The lowest BCUT2D eigenvalue weighted by Crippen LogP contribution is -2.39. The van der Waals surface area contributed by atoms with Gasteiger partial charge < -0.3 is 25.0 Å². The lowest BCUT2D eigenvalue weighted by molar-refractivity contribution is -0.116. The van der Waals surface area contributed by atoms with Crippen LogP contribution in [0.15, 0.2) is 48.5 Å². The van der Waals surface area contributed by atoms with Crippen molar-refractivity contribution in [1.82, 2.24) is 5.32 Å². The number of para-hydroxylation sites is 1. The number of fused-ring (bicyclic) bond motifs is 1. The molecule has 1 heterocycles. The Hall–Kier alpha value is -3.22. The molecule has 0 saturated carbocycles. The van der Waals surface area contributed by atoms with Gasteiger partial charge in [0.15, 0.2) is 11.5 Å². The van der Waals surface area contributed by atoms with Gasteiger partial charge in [0.25, 0.3) is 0 Å². The molecule has 0 saturated heterocycles. The Balaban J connectivity index is 1.56. The lowest BCUT2D eigenvalue weighted by atomic mass is 10.2. The Bertz CT molecular complexity index is 764. The number of urea groups is 1. The third kappa shape index (κ3) is 4.20. The highest BCUT2D eigenvalue weighted by atomic mass is 16.7. The summed E-state index contributed by atoms with van der Waals surface area (Å²) in [5, 5.41) is 5.47. The molecule has 3 rings (SSSR count). The van der Waals surface area contributed by atoms with E-state index in [4.69, 9.17) is 9.47 Å². The smallest absolute Gasteiger partial charge is 0.319 e. The SMILES string of the molecule is CC(=O)N(CCNC(=O)Nc1ccccc1)c1ccc2c(c1)OCO2. The summed E-state index contributed by atoms with van der Waals surface area (Å²) >= 11 is 0. The molecule has 1 aliphatic heterocycles. The number of hydrogen-bond donors (Lipinski definition) is 2. The number of ether oxygens (including phenoxy) is 2. The highest BCUT2D eigenvalue weighted by Crippen LogP contribution is 2.35. The highest BCUT2D eigenvalue weighted by molar-refractivity contribution is 5.92. The van der Waals surface area contributed by atoms with Gasteiger partial charge in [0.05, 0.1) is 0 Å². The number of carbonyl (C=O) groups excluding carboxylic acids is 2. The van der Waals surface area contributed by atoms with Gasteiger partial charge in [0.1, 0.15) is 0 Å². The van der Waals surface area contributed by atoms with Crippen molar-refractivity contribution in [3.05, 3.63) is 48.5 Å². The van der Waals surface area contributed by atoms with Crippen molar-refractivity contribution in [2.24, 2.45) is 0 Å². The molecule has 7 heteroatoms. The molecule has 2 N–H and O–H groups in total. The van der Waals surface area contributed by atoms with Crippen LogP contribution in [-0.4, -0.2) is 31.8 Å². The van der Waals surface area contributed by atoms with E-state index in [-0.39, 0.29) is 18.7 Å². The molecule has 130 valence electrons. The maximum absolute atomic E-state index is 11.9. The van der Waals surface area contributed by atoms with Gasteiger partial charge in [-0.1, -0.05) is 18.2 Å². The number of benzene rings is 2. The maximum atomic E-state index is 11.9. The first-order chi connectivity index (χ1) is 12.1. The summed E-state index contributed by atoms with van der Waals surface area (Å²) < 4.78 is 10.6. The molecule has 7 nitrogen and oxygen atoms in total. The lowest BCUT2D eigenvalue weighted by Gasteiger charge is -2.21. The van der Waals surface area contributed by atoms with Crippen LogP contribution >= 0.6 is 0 Å². The monoisotopic (exact) mass is 341 g/mol. The second-order valence-electron chi connectivity index (χ2n) is 5.46. The van der Waals surface area contributed by atoms with Crippen LogP contribution in [0, 0.1) is 0 Å². The minimum absolute atomic E-state index is 0.121. The molecule has 0 atom stereocenters. The molecule has 0 aliphatic carbocycles. The van der Waals surface area contributed by atoms with Gasteiger partial charge in [-0.05, 0) is 24.3 Å². The van der Waals surface area contributed by atoms with Gasteiger partial charge in [0, 0.05) is 37.5 Å². The van der Waals surface area contributed by atoms with E-state index in [1.54, 1.807) is 35.2 Å². The molecule has 0 bridgehead atoms. The highest BCUT2D eigenvalue weighted by Gasteiger charge is 2.18. The number of nitrogens with one attached hydrogen (secondary N) is 2. The molecule has 0 radical (unpaired) electrons. The molecule has 25 heavy (non-hydrogen) atoms. The van der Waals surface area contributed by atoms with E-state index in [0.29, 0.717) is 36.0 Å². The van der Waals surface area contributed by atoms with Crippen molar-refractivity contribution in [1.29, 1.82) is 0 Å². The fourth-order valence-electron chi connectivity index (χ4n) is 2.50. The Morgan fingerprint density at radius 2 is 1.84 bits per heavy atom. The Morgan fingerprint density at radius 3 is 2.60 bits per heavy atom. The van der Waals surface area contributed by atoms with Crippen LogP contribution < -0.4 is 25.0 Å². The van der Waals surface area contributed by atoms with Crippen LogP contribution in [0.4, 0.5) is 16.2 Å². The molecular weight excluding hydrogens is 322 g/mol. The van der Waals surface area contributed by atoms with Crippen LogP contribution in [0.1, 0.15) is 6.92 Å². The summed E-state index contributed by atoms with van der Waals surface area (Å²) in [5.41, 5.74) is 1.40. The molecule has 1 aliphatic rings. The molecule has 3 amide bonds. The topological polar surface area (TPSA) is 79.9 Å². The average molecular weight is 341 g/mol. The minimum atomic E-state index is -0.319.